The summed E-state index contributed by atoms with van der Waals surface area (Å²) in [7, 11) is 1.71. The first-order valence-corrected chi connectivity index (χ1v) is 9.93. The Balaban J connectivity index is 1.41. The van der Waals surface area contributed by atoms with Crippen LogP contribution in [-0.2, 0) is 4.79 Å². The van der Waals surface area contributed by atoms with Gasteiger partial charge in [0.15, 0.2) is 0 Å². The Hall–Kier alpha value is -1.71. The molecular weight excluding hydrogens is 312 g/mol. The number of carbonyl (C=O) groups excluding carboxylic acids is 1. The lowest BCUT2D eigenvalue weighted by molar-refractivity contribution is -0.131. The second-order valence-electron chi connectivity index (χ2n) is 7.44. The van der Waals surface area contributed by atoms with Crippen molar-refractivity contribution in [3.63, 3.8) is 0 Å². The quantitative estimate of drug-likeness (QED) is 0.779. The van der Waals surface area contributed by atoms with Crippen molar-refractivity contribution >= 4 is 11.6 Å². The van der Waals surface area contributed by atoms with Crippen molar-refractivity contribution in [2.75, 3.05) is 38.2 Å². The highest BCUT2D eigenvalue weighted by atomic mass is 16.5. The lowest BCUT2D eigenvalue weighted by Crippen LogP contribution is -2.48. The highest BCUT2D eigenvalue weighted by Crippen LogP contribution is 2.29. The third kappa shape index (κ3) is 4.90. The van der Waals surface area contributed by atoms with Crippen LogP contribution in [0.4, 0.5) is 5.69 Å². The van der Waals surface area contributed by atoms with Crippen LogP contribution in [0, 0.1) is 5.92 Å². The summed E-state index contributed by atoms with van der Waals surface area (Å²) in [6.07, 6.45) is 9.99. The van der Waals surface area contributed by atoms with Crippen LogP contribution < -0.4 is 9.64 Å². The Morgan fingerprint density at radius 3 is 2.52 bits per heavy atom. The summed E-state index contributed by atoms with van der Waals surface area (Å²) >= 11 is 0. The van der Waals surface area contributed by atoms with Crippen LogP contribution in [0.2, 0.25) is 0 Å². The van der Waals surface area contributed by atoms with E-state index in [-0.39, 0.29) is 0 Å². The predicted octanol–water partition coefficient (Wildman–Crippen LogP) is 4.09. The zero-order valence-corrected chi connectivity index (χ0v) is 15.6. The largest absolute Gasteiger partial charge is 0.495 e. The maximum Gasteiger partial charge on any atom is 0.222 e. The third-order valence-corrected chi connectivity index (χ3v) is 5.79. The van der Waals surface area contributed by atoms with Gasteiger partial charge in [-0.25, -0.2) is 0 Å². The fourth-order valence-corrected chi connectivity index (χ4v) is 4.26. The Kier molecular flexibility index (Phi) is 6.60. The van der Waals surface area contributed by atoms with Crippen molar-refractivity contribution < 1.29 is 9.53 Å². The summed E-state index contributed by atoms with van der Waals surface area (Å²) in [6.45, 7) is 3.41. The molecule has 3 rings (SSSR count). The van der Waals surface area contributed by atoms with Gasteiger partial charge in [0.25, 0.3) is 0 Å². The van der Waals surface area contributed by atoms with Gasteiger partial charge in [-0.1, -0.05) is 44.2 Å². The molecule has 0 spiro atoms. The number of hydrogen-bond acceptors (Lipinski definition) is 3. The van der Waals surface area contributed by atoms with Gasteiger partial charge in [-0.05, 0) is 30.9 Å². The first-order valence-electron chi connectivity index (χ1n) is 9.93. The summed E-state index contributed by atoms with van der Waals surface area (Å²) in [5.74, 6) is 2.13. The second kappa shape index (κ2) is 9.12. The number of piperazine rings is 1. The molecule has 1 aliphatic carbocycles. The molecule has 0 atom stereocenters. The molecule has 0 unspecified atom stereocenters. The van der Waals surface area contributed by atoms with Gasteiger partial charge in [0.1, 0.15) is 5.75 Å². The molecule has 2 aliphatic rings. The lowest BCUT2D eigenvalue weighted by atomic mass is 9.86. The molecular formula is C21H32N2O2. The summed E-state index contributed by atoms with van der Waals surface area (Å²) in [6, 6.07) is 8.13. The summed E-state index contributed by atoms with van der Waals surface area (Å²) in [5, 5.41) is 0. The van der Waals surface area contributed by atoms with Crippen molar-refractivity contribution in [2.24, 2.45) is 5.92 Å². The summed E-state index contributed by atoms with van der Waals surface area (Å²) in [4.78, 5) is 16.9. The van der Waals surface area contributed by atoms with E-state index in [2.05, 4.69) is 11.0 Å². The van der Waals surface area contributed by atoms with Crippen LogP contribution in [0.5, 0.6) is 5.75 Å². The number of hydrogen-bond donors (Lipinski definition) is 0. The number of carbonyl (C=O) groups is 1. The van der Waals surface area contributed by atoms with E-state index in [0.717, 1.165) is 56.4 Å². The molecule has 2 fully saturated rings. The minimum absolute atomic E-state index is 0.343. The monoisotopic (exact) mass is 344 g/mol. The molecule has 0 aromatic heterocycles. The van der Waals surface area contributed by atoms with Crippen molar-refractivity contribution in [1.82, 2.24) is 4.90 Å². The predicted molar refractivity (Wildman–Crippen MR) is 102 cm³/mol. The normalized spacial score (nSPS) is 19.1. The molecule has 1 aliphatic heterocycles. The zero-order chi connectivity index (χ0) is 17.5. The van der Waals surface area contributed by atoms with E-state index in [1.165, 1.54) is 38.5 Å². The molecule has 0 radical (unpaired) electrons. The van der Waals surface area contributed by atoms with E-state index in [1.807, 2.05) is 23.1 Å². The number of anilines is 1. The van der Waals surface area contributed by atoms with Crippen LogP contribution in [0.3, 0.4) is 0 Å². The van der Waals surface area contributed by atoms with E-state index >= 15 is 0 Å². The molecule has 4 heteroatoms. The van der Waals surface area contributed by atoms with Crippen LogP contribution in [0.25, 0.3) is 0 Å². The van der Waals surface area contributed by atoms with E-state index in [9.17, 15) is 4.79 Å². The van der Waals surface area contributed by atoms with Gasteiger partial charge in [-0.15, -0.1) is 0 Å². The number of para-hydroxylation sites is 2. The molecule has 1 amide bonds. The van der Waals surface area contributed by atoms with Gasteiger partial charge in [-0.3, -0.25) is 4.79 Å². The van der Waals surface area contributed by atoms with Crippen LogP contribution in [0.15, 0.2) is 24.3 Å². The van der Waals surface area contributed by atoms with Gasteiger partial charge in [0.05, 0.1) is 12.8 Å². The number of rotatable bonds is 6. The molecule has 1 aromatic rings. The number of nitrogens with zero attached hydrogens (tertiary/aromatic N) is 2. The van der Waals surface area contributed by atoms with Crippen molar-refractivity contribution in [3.05, 3.63) is 24.3 Å². The molecule has 1 saturated heterocycles. The van der Waals surface area contributed by atoms with Crippen LogP contribution >= 0.6 is 0 Å². The number of amides is 1. The lowest BCUT2D eigenvalue weighted by Gasteiger charge is -2.36. The molecule has 1 aromatic carbocycles. The molecule has 0 N–H and O–H groups in total. The minimum atomic E-state index is 0.343. The summed E-state index contributed by atoms with van der Waals surface area (Å²) in [5.41, 5.74) is 1.13. The van der Waals surface area contributed by atoms with Crippen molar-refractivity contribution in [3.8, 4) is 5.75 Å². The van der Waals surface area contributed by atoms with Gasteiger partial charge in [0, 0.05) is 32.6 Å². The van der Waals surface area contributed by atoms with Crippen molar-refractivity contribution in [2.45, 2.75) is 51.4 Å². The summed E-state index contributed by atoms with van der Waals surface area (Å²) < 4.78 is 5.46. The first kappa shape index (κ1) is 18.1. The average molecular weight is 344 g/mol. The SMILES string of the molecule is COc1ccccc1N1CCN(C(=O)CCCC2CCCCC2)CC1. The molecule has 25 heavy (non-hydrogen) atoms. The molecule has 138 valence electrons. The van der Waals surface area contributed by atoms with Crippen molar-refractivity contribution in [1.29, 1.82) is 0 Å². The Morgan fingerprint density at radius 1 is 1.08 bits per heavy atom. The fourth-order valence-electron chi connectivity index (χ4n) is 4.26. The maximum atomic E-state index is 12.5. The van der Waals surface area contributed by atoms with Crippen LogP contribution in [0.1, 0.15) is 51.4 Å². The third-order valence-electron chi connectivity index (χ3n) is 5.79. The van der Waals surface area contributed by atoms with Gasteiger partial charge >= 0.3 is 0 Å². The fraction of sp³-hybridized carbons (Fsp3) is 0.667. The number of methoxy groups -OCH3 is 1. The zero-order valence-electron chi connectivity index (χ0n) is 15.6. The molecule has 4 nitrogen and oxygen atoms in total. The van der Waals surface area contributed by atoms with Gasteiger partial charge in [0.2, 0.25) is 5.91 Å². The number of benzene rings is 1. The Morgan fingerprint density at radius 2 is 1.80 bits per heavy atom. The highest BCUT2D eigenvalue weighted by molar-refractivity contribution is 5.76. The topological polar surface area (TPSA) is 32.8 Å². The van der Waals surface area contributed by atoms with E-state index in [1.54, 1.807) is 7.11 Å². The standard InChI is InChI=1S/C21H32N2O2/c1-25-20-12-6-5-11-19(20)22-14-16-23(17-15-22)21(24)13-7-10-18-8-3-2-4-9-18/h5-6,11-12,18H,2-4,7-10,13-17H2,1H3. The van der Waals surface area contributed by atoms with Crippen LogP contribution in [-0.4, -0.2) is 44.1 Å². The van der Waals surface area contributed by atoms with E-state index in [4.69, 9.17) is 4.74 Å². The van der Waals surface area contributed by atoms with E-state index < -0.39 is 0 Å². The minimum Gasteiger partial charge on any atom is -0.495 e. The Bertz CT molecular complexity index is 547. The van der Waals surface area contributed by atoms with Gasteiger partial charge in [-0.2, -0.15) is 0 Å². The average Bonchev–Trinajstić information content (AvgIpc) is 2.69. The second-order valence-corrected chi connectivity index (χ2v) is 7.44. The number of ether oxygens (including phenoxy) is 1. The molecule has 0 bridgehead atoms. The first-order chi connectivity index (χ1) is 12.3. The smallest absolute Gasteiger partial charge is 0.222 e. The molecule has 1 saturated carbocycles. The van der Waals surface area contributed by atoms with Gasteiger partial charge < -0.3 is 14.5 Å². The highest BCUT2D eigenvalue weighted by Gasteiger charge is 2.23. The molecule has 1 heterocycles. The maximum absolute atomic E-state index is 12.5. The Labute approximate surface area is 152 Å². The van der Waals surface area contributed by atoms with E-state index in [0.29, 0.717) is 5.91 Å².